The molecule has 0 aliphatic heterocycles. The molecule has 3 aromatic rings. The van der Waals surface area contributed by atoms with Crippen molar-refractivity contribution in [3.8, 4) is 0 Å². The molecule has 0 saturated carbocycles. The van der Waals surface area contributed by atoms with E-state index < -0.39 is 5.82 Å². The van der Waals surface area contributed by atoms with Gasteiger partial charge in [-0.2, -0.15) is 5.10 Å². The van der Waals surface area contributed by atoms with Crippen LogP contribution in [0.1, 0.15) is 17.0 Å². The Balaban J connectivity index is 1.78. The summed E-state index contributed by atoms with van der Waals surface area (Å²) in [5.74, 6) is -0.897. The number of rotatable bonds is 4. The van der Waals surface area contributed by atoms with Crippen molar-refractivity contribution in [2.24, 2.45) is 0 Å². The second-order valence-electron chi connectivity index (χ2n) is 6.11. The van der Waals surface area contributed by atoms with Crippen molar-refractivity contribution >= 4 is 51.9 Å². The van der Waals surface area contributed by atoms with Gasteiger partial charge in [-0.15, -0.1) is 0 Å². The van der Waals surface area contributed by atoms with Gasteiger partial charge in [0, 0.05) is 16.3 Å². The highest BCUT2D eigenvalue weighted by atomic mass is 35.5. The van der Waals surface area contributed by atoms with Gasteiger partial charge in [0.2, 0.25) is 0 Å². The molecule has 0 fully saturated rings. The van der Waals surface area contributed by atoms with Gasteiger partial charge in [0.15, 0.2) is 5.11 Å². The minimum atomic E-state index is -0.508. The fraction of sp³-hybridized carbons (Fsp3) is 0.158. The molecule has 3 rings (SSSR count). The Morgan fingerprint density at radius 1 is 1.07 bits per heavy atom. The summed E-state index contributed by atoms with van der Waals surface area (Å²) in [6, 6.07) is 8.77. The normalized spacial score (nSPS) is 10.8. The largest absolute Gasteiger partial charge is 0.332 e. The van der Waals surface area contributed by atoms with E-state index in [1.807, 2.05) is 13.8 Å². The summed E-state index contributed by atoms with van der Waals surface area (Å²) in [6.07, 6.45) is 0. The molecule has 4 nitrogen and oxygen atoms in total. The number of nitrogens with zero attached hydrogens (tertiary/aromatic N) is 2. The molecule has 28 heavy (non-hydrogen) atoms. The van der Waals surface area contributed by atoms with E-state index in [0.717, 1.165) is 5.69 Å². The summed E-state index contributed by atoms with van der Waals surface area (Å²) in [5, 5.41) is 11.1. The number of aromatic nitrogens is 2. The van der Waals surface area contributed by atoms with Gasteiger partial charge in [0.25, 0.3) is 0 Å². The molecule has 0 unspecified atom stereocenters. The summed E-state index contributed by atoms with van der Waals surface area (Å²) < 4.78 is 29.0. The molecule has 0 spiro atoms. The predicted octanol–water partition coefficient (Wildman–Crippen LogP) is 5.94. The van der Waals surface area contributed by atoms with Gasteiger partial charge in [0.05, 0.1) is 28.6 Å². The first-order valence-corrected chi connectivity index (χ1v) is 9.42. The van der Waals surface area contributed by atoms with Crippen molar-refractivity contribution in [3.05, 3.63) is 75.0 Å². The topological polar surface area (TPSA) is 41.9 Å². The Labute approximate surface area is 176 Å². The van der Waals surface area contributed by atoms with Gasteiger partial charge >= 0.3 is 0 Å². The minimum absolute atomic E-state index is 0.00486. The van der Waals surface area contributed by atoms with Gasteiger partial charge in [-0.25, -0.2) is 8.78 Å². The maximum absolute atomic E-state index is 14.1. The molecule has 2 N–H and O–H groups in total. The van der Waals surface area contributed by atoms with Gasteiger partial charge in [-0.05, 0) is 56.4 Å². The van der Waals surface area contributed by atoms with Gasteiger partial charge in [0.1, 0.15) is 11.6 Å². The van der Waals surface area contributed by atoms with Crippen LogP contribution in [-0.2, 0) is 6.54 Å². The lowest BCUT2D eigenvalue weighted by molar-refractivity contribution is 0.579. The number of anilines is 2. The van der Waals surface area contributed by atoms with Crippen LogP contribution in [0.3, 0.4) is 0 Å². The quantitative estimate of drug-likeness (QED) is 0.492. The zero-order valence-corrected chi connectivity index (χ0v) is 17.3. The summed E-state index contributed by atoms with van der Waals surface area (Å²) in [6.45, 7) is 3.84. The van der Waals surface area contributed by atoms with E-state index in [-0.39, 0.29) is 22.5 Å². The van der Waals surface area contributed by atoms with Crippen LogP contribution in [0.25, 0.3) is 0 Å². The van der Waals surface area contributed by atoms with Crippen LogP contribution in [0, 0.1) is 25.5 Å². The van der Waals surface area contributed by atoms with Crippen molar-refractivity contribution in [1.29, 1.82) is 0 Å². The molecule has 146 valence electrons. The molecule has 1 aromatic heterocycles. The van der Waals surface area contributed by atoms with Crippen LogP contribution in [0.15, 0.2) is 36.4 Å². The number of benzene rings is 2. The maximum Gasteiger partial charge on any atom is 0.175 e. The smallest absolute Gasteiger partial charge is 0.175 e. The Kier molecular flexibility index (Phi) is 6.17. The fourth-order valence-corrected chi connectivity index (χ4v) is 3.34. The Bertz CT molecular complexity index is 1030. The monoisotopic (exact) mass is 440 g/mol. The van der Waals surface area contributed by atoms with Crippen LogP contribution >= 0.6 is 35.4 Å². The van der Waals surface area contributed by atoms with E-state index in [2.05, 4.69) is 15.7 Å². The average Bonchev–Trinajstić information content (AvgIpc) is 2.89. The fourth-order valence-electron chi connectivity index (χ4n) is 2.71. The summed E-state index contributed by atoms with van der Waals surface area (Å²) in [5.41, 5.74) is 3.05. The first-order valence-electron chi connectivity index (χ1n) is 8.26. The highest BCUT2D eigenvalue weighted by molar-refractivity contribution is 7.80. The highest BCUT2D eigenvalue weighted by Crippen LogP contribution is 2.25. The minimum Gasteiger partial charge on any atom is -0.332 e. The third kappa shape index (κ3) is 4.43. The van der Waals surface area contributed by atoms with Gasteiger partial charge < -0.3 is 10.6 Å². The van der Waals surface area contributed by atoms with Crippen LogP contribution in [0.5, 0.6) is 0 Å². The van der Waals surface area contributed by atoms with E-state index in [0.29, 0.717) is 27.7 Å². The molecule has 1 heterocycles. The number of thiocarbonyl (C=S) groups is 1. The Morgan fingerprint density at radius 3 is 2.50 bits per heavy atom. The van der Waals surface area contributed by atoms with E-state index in [4.69, 9.17) is 35.4 Å². The van der Waals surface area contributed by atoms with Crippen molar-refractivity contribution in [2.45, 2.75) is 20.4 Å². The number of halogens is 4. The molecule has 0 radical (unpaired) electrons. The van der Waals surface area contributed by atoms with Crippen molar-refractivity contribution in [1.82, 2.24) is 9.78 Å². The number of hydrogen-bond donors (Lipinski definition) is 2. The highest BCUT2D eigenvalue weighted by Gasteiger charge is 2.16. The molecule has 0 saturated heterocycles. The third-order valence-corrected chi connectivity index (χ3v) is 5.01. The molecule has 2 aromatic carbocycles. The molecular formula is C19H16Cl2F2N4S. The molecule has 0 bridgehead atoms. The lowest BCUT2D eigenvalue weighted by atomic mass is 10.2. The number of aryl methyl sites for hydroxylation is 1. The summed E-state index contributed by atoms with van der Waals surface area (Å²) >= 11 is 17.2. The SMILES string of the molecule is Cc1nn(Cc2c(F)cccc2Cl)c(C)c1NC(=S)Nc1ccc(F)c(Cl)c1. The van der Waals surface area contributed by atoms with Crippen molar-refractivity contribution < 1.29 is 8.78 Å². The zero-order valence-electron chi connectivity index (χ0n) is 15.0. The summed E-state index contributed by atoms with van der Waals surface area (Å²) in [7, 11) is 0. The molecule has 9 heteroatoms. The second-order valence-corrected chi connectivity index (χ2v) is 7.33. The van der Waals surface area contributed by atoms with E-state index in [1.54, 1.807) is 16.8 Å². The molecule has 0 aliphatic rings. The first kappa shape index (κ1) is 20.5. The van der Waals surface area contributed by atoms with E-state index in [9.17, 15) is 8.78 Å². The molecule has 0 amide bonds. The molecule has 0 aliphatic carbocycles. The Morgan fingerprint density at radius 2 is 1.82 bits per heavy atom. The number of hydrogen-bond acceptors (Lipinski definition) is 2. The lowest BCUT2D eigenvalue weighted by Gasteiger charge is -2.12. The number of nitrogens with one attached hydrogen (secondary N) is 2. The Hall–Kier alpha value is -2.22. The zero-order chi connectivity index (χ0) is 20.4. The van der Waals surface area contributed by atoms with E-state index >= 15 is 0 Å². The maximum atomic E-state index is 14.1. The van der Waals surface area contributed by atoms with Crippen molar-refractivity contribution in [3.63, 3.8) is 0 Å². The second kappa shape index (κ2) is 8.43. The predicted molar refractivity (Wildman–Crippen MR) is 113 cm³/mol. The van der Waals surface area contributed by atoms with E-state index in [1.165, 1.54) is 24.3 Å². The molecular weight excluding hydrogens is 425 g/mol. The van der Waals surface area contributed by atoms with Crippen LogP contribution in [-0.4, -0.2) is 14.9 Å². The van der Waals surface area contributed by atoms with Crippen LogP contribution in [0.2, 0.25) is 10.0 Å². The van der Waals surface area contributed by atoms with Crippen LogP contribution < -0.4 is 10.6 Å². The lowest BCUT2D eigenvalue weighted by Crippen LogP contribution is -2.20. The summed E-state index contributed by atoms with van der Waals surface area (Å²) in [4.78, 5) is 0. The first-order chi connectivity index (χ1) is 13.3. The van der Waals surface area contributed by atoms with Gasteiger partial charge in [-0.1, -0.05) is 29.3 Å². The third-order valence-electron chi connectivity index (χ3n) is 4.17. The average molecular weight is 441 g/mol. The van der Waals surface area contributed by atoms with Crippen LogP contribution in [0.4, 0.5) is 20.2 Å². The van der Waals surface area contributed by atoms with Crippen molar-refractivity contribution in [2.75, 3.05) is 10.6 Å². The molecule has 0 atom stereocenters. The standard InChI is InChI=1S/C19H16Cl2F2N4S/c1-10-18(25-19(28)24-12-6-7-17(23)15(21)8-12)11(2)27(26-10)9-13-14(20)4-3-5-16(13)22/h3-8H,9H2,1-2H3,(H2,24,25,28). The van der Waals surface area contributed by atoms with Gasteiger partial charge in [-0.3, -0.25) is 4.68 Å².